The Morgan fingerprint density at radius 1 is 1.54 bits per heavy atom. The average Bonchev–Trinajstić information content (AvgIpc) is 2.29. The molecule has 2 N–H and O–H groups in total. The number of nitrogens with two attached hydrogens (primary N) is 1. The first-order valence-electron chi connectivity index (χ1n) is 3.72. The van der Waals surface area contributed by atoms with Gasteiger partial charge in [-0.3, -0.25) is 4.68 Å². The standard InChI is InChI=1S/C7H10F3N3/c1-5-2-6(3-11)12-13(5)4-7(8,9)10/h2H,3-4,11H2,1H3. The molecule has 0 radical (unpaired) electrons. The van der Waals surface area contributed by atoms with Crippen LogP contribution >= 0.6 is 0 Å². The van der Waals surface area contributed by atoms with Crippen molar-refractivity contribution in [1.29, 1.82) is 0 Å². The molecule has 0 atom stereocenters. The predicted molar refractivity (Wildman–Crippen MR) is 40.9 cm³/mol. The lowest BCUT2D eigenvalue weighted by molar-refractivity contribution is -0.142. The number of hydrogen-bond donors (Lipinski definition) is 1. The van der Waals surface area contributed by atoms with Crippen LogP contribution in [0.3, 0.4) is 0 Å². The van der Waals surface area contributed by atoms with Crippen LogP contribution in [0.25, 0.3) is 0 Å². The summed E-state index contributed by atoms with van der Waals surface area (Å²) < 4.78 is 36.7. The Morgan fingerprint density at radius 3 is 2.54 bits per heavy atom. The number of nitrogens with zero attached hydrogens (tertiary/aromatic N) is 2. The second-order valence-corrected chi connectivity index (χ2v) is 2.75. The lowest BCUT2D eigenvalue weighted by Gasteiger charge is -2.07. The van der Waals surface area contributed by atoms with Crippen LogP contribution in [0, 0.1) is 6.92 Å². The number of aromatic nitrogens is 2. The van der Waals surface area contributed by atoms with Gasteiger partial charge in [0.05, 0.1) is 5.69 Å². The van der Waals surface area contributed by atoms with Crippen LogP contribution in [0.4, 0.5) is 13.2 Å². The van der Waals surface area contributed by atoms with E-state index in [4.69, 9.17) is 5.73 Å². The Labute approximate surface area is 73.3 Å². The third-order valence-corrected chi connectivity index (χ3v) is 1.57. The number of rotatable bonds is 2. The van der Waals surface area contributed by atoms with Crippen LogP contribution in [0.1, 0.15) is 11.4 Å². The third kappa shape index (κ3) is 2.73. The fourth-order valence-corrected chi connectivity index (χ4v) is 1.01. The van der Waals surface area contributed by atoms with E-state index in [0.717, 1.165) is 4.68 Å². The molecular weight excluding hydrogens is 183 g/mol. The molecule has 6 heteroatoms. The monoisotopic (exact) mass is 193 g/mol. The van der Waals surface area contributed by atoms with E-state index in [1.807, 2.05) is 0 Å². The number of hydrogen-bond acceptors (Lipinski definition) is 2. The van der Waals surface area contributed by atoms with Gasteiger partial charge in [0.2, 0.25) is 0 Å². The molecule has 0 spiro atoms. The number of aryl methyl sites for hydroxylation is 1. The Morgan fingerprint density at radius 2 is 2.15 bits per heavy atom. The molecule has 1 aromatic rings. The summed E-state index contributed by atoms with van der Waals surface area (Å²) in [6, 6.07) is 1.55. The summed E-state index contributed by atoms with van der Waals surface area (Å²) in [5.74, 6) is 0. The maximum absolute atomic E-state index is 11.9. The fourth-order valence-electron chi connectivity index (χ4n) is 1.01. The third-order valence-electron chi connectivity index (χ3n) is 1.57. The average molecular weight is 193 g/mol. The molecule has 1 heterocycles. The van der Waals surface area contributed by atoms with E-state index in [1.54, 1.807) is 13.0 Å². The molecule has 0 saturated carbocycles. The molecule has 0 amide bonds. The van der Waals surface area contributed by atoms with Crippen molar-refractivity contribution in [2.75, 3.05) is 0 Å². The van der Waals surface area contributed by atoms with Crippen molar-refractivity contribution in [3.63, 3.8) is 0 Å². The van der Waals surface area contributed by atoms with E-state index in [2.05, 4.69) is 5.10 Å². The van der Waals surface area contributed by atoms with Gasteiger partial charge in [0.15, 0.2) is 0 Å². The quantitative estimate of drug-likeness (QED) is 0.767. The van der Waals surface area contributed by atoms with Crippen LogP contribution < -0.4 is 5.73 Å². The van der Waals surface area contributed by atoms with Crippen molar-refractivity contribution in [3.05, 3.63) is 17.5 Å². The lowest BCUT2D eigenvalue weighted by atomic mass is 10.4. The van der Waals surface area contributed by atoms with E-state index in [9.17, 15) is 13.2 Å². The second-order valence-electron chi connectivity index (χ2n) is 2.75. The Bertz CT molecular complexity index is 290. The minimum atomic E-state index is -4.23. The molecule has 1 aromatic heterocycles. The first-order valence-corrected chi connectivity index (χ1v) is 3.72. The summed E-state index contributed by atoms with van der Waals surface area (Å²) in [4.78, 5) is 0. The van der Waals surface area contributed by atoms with Crippen molar-refractivity contribution in [3.8, 4) is 0 Å². The highest BCUT2D eigenvalue weighted by Crippen LogP contribution is 2.18. The molecule has 0 fully saturated rings. The van der Waals surface area contributed by atoms with Gasteiger partial charge in [-0.15, -0.1) is 0 Å². The maximum Gasteiger partial charge on any atom is 0.408 e. The lowest BCUT2D eigenvalue weighted by Crippen LogP contribution is -2.19. The van der Waals surface area contributed by atoms with Crippen molar-refractivity contribution in [1.82, 2.24) is 9.78 Å². The number of halogens is 3. The maximum atomic E-state index is 11.9. The van der Waals surface area contributed by atoms with Gasteiger partial charge < -0.3 is 5.73 Å². The van der Waals surface area contributed by atoms with Gasteiger partial charge >= 0.3 is 6.18 Å². The van der Waals surface area contributed by atoms with Crippen LogP contribution in [0.2, 0.25) is 0 Å². The van der Waals surface area contributed by atoms with Crippen molar-refractivity contribution in [2.24, 2.45) is 5.73 Å². The van der Waals surface area contributed by atoms with Crippen molar-refractivity contribution >= 4 is 0 Å². The summed E-state index contributed by atoms with van der Waals surface area (Å²) >= 11 is 0. The SMILES string of the molecule is Cc1cc(CN)nn1CC(F)(F)F. The Balaban J connectivity index is 2.83. The number of alkyl halides is 3. The van der Waals surface area contributed by atoms with Gasteiger partial charge in [0.1, 0.15) is 6.54 Å². The molecule has 0 aliphatic heterocycles. The summed E-state index contributed by atoms with van der Waals surface area (Å²) in [7, 11) is 0. The summed E-state index contributed by atoms with van der Waals surface area (Å²) in [6.07, 6.45) is -4.23. The zero-order valence-electron chi connectivity index (χ0n) is 7.10. The molecule has 3 nitrogen and oxygen atoms in total. The zero-order valence-corrected chi connectivity index (χ0v) is 7.10. The Hall–Kier alpha value is -1.04. The molecule has 74 valence electrons. The van der Waals surface area contributed by atoms with Gasteiger partial charge in [-0.2, -0.15) is 18.3 Å². The highest BCUT2D eigenvalue weighted by molar-refractivity contribution is 5.08. The van der Waals surface area contributed by atoms with Crippen molar-refractivity contribution < 1.29 is 13.2 Å². The minimum Gasteiger partial charge on any atom is -0.325 e. The smallest absolute Gasteiger partial charge is 0.325 e. The highest BCUT2D eigenvalue weighted by Gasteiger charge is 2.29. The van der Waals surface area contributed by atoms with Gasteiger partial charge in [-0.05, 0) is 13.0 Å². The molecular formula is C7H10F3N3. The molecule has 1 rings (SSSR count). The molecule has 0 bridgehead atoms. The predicted octanol–water partition coefficient (Wildman–Crippen LogP) is 1.21. The van der Waals surface area contributed by atoms with Crippen LogP contribution in [-0.4, -0.2) is 16.0 Å². The van der Waals surface area contributed by atoms with Crippen LogP contribution in [0.15, 0.2) is 6.07 Å². The topological polar surface area (TPSA) is 43.8 Å². The molecule has 0 saturated heterocycles. The van der Waals surface area contributed by atoms with Crippen LogP contribution in [0.5, 0.6) is 0 Å². The molecule has 0 aliphatic rings. The van der Waals surface area contributed by atoms with Gasteiger partial charge in [0.25, 0.3) is 0 Å². The van der Waals surface area contributed by atoms with E-state index in [0.29, 0.717) is 11.4 Å². The summed E-state index contributed by atoms with van der Waals surface area (Å²) in [5.41, 5.74) is 6.18. The van der Waals surface area contributed by atoms with Gasteiger partial charge in [0, 0.05) is 12.2 Å². The summed E-state index contributed by atoms with van der Waals surface area (Å²) in [5, 5.41) is 3.69. The van der Waals surface area contributed by atoms with Crippen molar-refractivity contribution in [2.45, 2.75) is 26.2 Å². The molecule has 0 aromatic carbocycles. The minimum absolute atomic E-state index is 0.158. The fraction of sp³-hybridized carbons (Fsp3) is 0.571. The second kappa shape index (κ2) is 3.37. The molecule has 13 heavy (non-hydrogen) atoms. The first kappa shape index (κ1) is 10.0. The van der Waals surface area contributed by atoms with E-state index >= 15 is 0 Å². The van der Waals surface area contributed by atoms with Gasteiger partial charge in [-0.25, -0.2) is 0 Å². The van der Waals surface area contributed by atoms with Gasteiger partial charge in [-0.1, -0.05) is 0 Å². The van der Waals surface area contributed by atoms with Crippen LogP contribution in [-0.2, 0) is 13.1 Å². The largest absolute Gasteiger partial charge is 0.408 e. The van der Waals surface area contributed by atoms with E-state index < -0.39 is 12.7 Å². The van der Waals surface area contributed by atoms with E-state index in [1.165, 1.54) is 0 Å². The molecule has 0 unspecified atom stereocenters. The molecule has 0 aliphatic carbocycles. The first-order chi connectivity index (χ1) is 5.92. The zero-order chi connectivity index (χ0) is 10.1. The highest BCUT2D eigenvalue weighted by atomic mass is 19.4. The van der Waals surface area contributed by atoms with E-state index in [-0.39, 0.29) is 6.54 Å². The Kier molecular flexibility index (Phi) is 2.60. The summed E-state index contributed by atoms with van der Waals surface area (Å²) in [6.45, 7) is 0.669. The normalized spacial score (nSPS) is 12.1.